The van der Waals surface area contributed by atoms with E-state index in [1.54, 1.807) is 23.1 Å². The highest BCUT2D eigenvalue weighted by Crippen LogP contribution is 2.25. The third-order valence-corrected chi connectivity index (χ3v) is 4.55. The number of hydrogen-bond donors (Lipinski definition) is 1. The molecule has 1 heterocycles. The van der Waals surface area contributed by atoms with Crippen molar-refractivity contribution in [1.82, 2.24) is 4.90 Å². The fraction of sp³-hybridized carbons (Fsp3) is 0.467. The number of halogens is 2. The molecule has 2 atom stereocenters. The van der Waals surface area contributed by atoms with Gasteiger partial charge < -0.3 is 10.6 Å². The number of carbonyl (C=O) groups excluding carboxylic acids is 2. The lowest BCUT2D eigenvalue weighted by Crippen LogP contribution is -2.49. The Hall–Kier alpha value is -1.26. The third-order valence-electron chi connectivity index (χ3n) is 3.96. The van der Waals surface area contributed by atoms with Crippen LogP contribution in [0, 0.1) is 5.92 Å². The van der Waals surface area contributed by atoms with Crippen LogP contribution in [0.2, 0.25) is 10.0 Å². The zero-order valence-electron chi connectivity index (χ0n) is 11.8. The molecule has 1 aromatic carbocycles. The molecule has 21 heavy (non-hydrogen) atoms. The summed E-state index contributed by atoms with van der Waals surface area (Å²) in [6.45, 7) is 2.37. The highest BCUT2D eigenvalue weighted by molar-refractivity contribution is 6.35. The molecule has 2 rings (SSSR count). The van der Waals surface area contributed by atoms with E-state index < -0.39 is 0 Å². The van der Waals surface area contributed by atoms with Gasteiger partial charge in [0.15, 0.2) is 0 Å². The number of piperidine rings is 1. The summed E-state index contributed by atoms with van der Waals surface area (Å²) in [5.74, 6) is -0.646. The fourth-order valence-corrected chi connectivity index (χ4v) is 3.09. The lowest BCUT2D eigenvalue weighted by molar-refractivity contribution is -0.136. The summed E-state index contributed by atoms with van der Waals surface area (Å²) in [7, 11) is 0. The van der Waals surface area contributed by atoms with E-state index in [0.29, 0.717) is 16.6 Å². The van der Waals surface area contributed by atoms with Crippen molar-refractivity contribution in [2.75, 3.05) is 6.54 Å². The van der Waals surface area contributed by atoms with Crippen LogP contribution >= 0.6 is 23.2 Å². The molecular formula is C15H18Cl2N2O2. The average Bonchev–Trinajstić information content (AvgIpc) is 2.42. The Morgan fingerprint density at radius 2 is 2.05 bits per heavy atom. The maximum atomic E-state index is 12.5. The predicted molar refractivity (Wildman–Crippen MR) is 83.3 cm³/mol. The molecule has 1 fully saturated rings. The lowest BCUT2D eigenvalue weighted by Gasteiger charge is -2.37. The third kappa shape index (κ3) is 3.89. The molecule has 0 aromatic heterocycles. The number of amides is 2. The first kappa shape index (κ1) is 16.1. The van der Waals surface area contributed by atoms with E-state index in [4.69, 9.17) is 28.9 Å². The Balaban J connectivity index is 2.09. The van der Waals surface area contributed by atoms with Crippen LogP contribution in [-0.2, 0) is 16.0 Å². The number of primary amides is 1. The molecule has 1 aliphatic heterocycles. The van der Waals surface area contributed by atoms with E-state index in [9.17, 15) is 9.59 Å². The van der Waals surface area contributed by atoms with Gasteiger partial charge in [-0.25, -0.2) is 0 Å². The molecule has 0 radical (unpaired) electrons. The normalized spacial score (nSPS) is 22.1. The van der Waals surface area contributed by atoms with E-state index in [1.807, 2.05) is 6.92 Å². The summed E-state index contributed by atoms with van der Waals surface area (Å²) in [5, 5.41) is 1.02. The van der Waals surface area contributed by atoms with Crippen LogP contribution in [0.25, 0.3) is 0 Å². The number of likely N-dealkylation sites (tertiary alicyclic amines) is 1. The quantitative estimate of drug-likeness (QED) is 0.927. The van der Waals surface area contributed by atoms with Gasteiger partial charge in [0.2, 0.25) is 11.8 Å². The van der Waals surface area contributed by atoms with Crippen molar-refractivity contribution in [3.63, 3.8) is 0 Å². The van der Waals surface area contributed by atoms with Crippen molar-refractivity contribution >= 4 is 35.0 Å². The zero-order chi connectivity index (χ0) is 15.6. The summed E-state index contributed by atoms with van der Waals surface area (Å²) >= 11 is 11.9. The molecule has 0 saturated carbocycles. The summed E-state index contributed by atoms with van der Waals surface area (Å²) in [6.07, 6.45) is 1.72. The molecule has 2 amide bonds. The SMILES string of the molecule is CC1CCC(C(N)=O)CN1C(=O)Cc1ccc(Cl)cc1Cl. The van der Waals surface area contributed by atoms with Crippen LogP contribution in [0.3, 0.4) is 0 Å². The largest absolute Gasteiger partial charge is 0.369 e. The monoisotopic (exact) mass is 328 g/mol. The number of benzene rings is 1. The molecule has 1 saturated heterocycles. The van der Waals surface area contributed by atoms with E-state index in [1.165, 1.54) is 0 Å². The van der Waals surface area contributed by atoms with Gasteiger partial charge in [-0.2, -0.15) is 0 Å². The molecule has 6 heteroatoms. The van der Waals surface area contributed by atoms with Crippen LogP contribution < -0.4 is 5.73 Å². The van der Waals surface area contributed by atoms with Crippen molar-refractivity contribution in [2.24, 2.45) is 11.7 Å². The molecule has 1 aromatic rings. The molecule has 2 N–H and O–H groups in total. The van der Waals surface area contributed by atoms with Crippen molar-refractivity contribution in [1.29, 1.82) is 0 Å². The van der Waals surface area contributed by atoms with Gasteiger partial charge in [-0.3, -0.25) is 9.59 Å². The van der Waals surface area contributed by atoms with Gasteiger partial charge in [-0.15, -0.1) is 0 Å². The Kier molecular flexibility index (Phi) is 5.12. The number of nitrogens with zero attached hydrogens (tertiary/aromatic N) is 1. The minimum atomic E-state index is -0.343. The number of rotatable bonds is 3. The maximum absolute atomic E-state index is 12.5. The molecular weight excluding hydrogens is 311 g/mol. The van der Waals surface area contributed by atoms with Gasteiger partial charge in [-0.05, 0) is 37.5 Å². The molecule has 2 unspecified atom stereocenters. The first-order valence-electron chi connectivity index (χ1n) is 6.91. The van der Waals surface area contributed by atoms with Gasteiger partial charge in [0.1, 0.15) is 0 Å². The Bertz CT molecular complexity index is 563. The van der Waals surface area contributed by atoms with Crippen LogP contribution in [0.4, 0.5) is 0 Å². The van der Waals surface area contributed by atoms with Crippen molar-refractivity contribution in [3.8, 4) is 0 Å². The number of carbonyl (C=O) groups is 2. The average molecular weight is 329 g/mol. The second-order valence-corrected chi connectivity index (χ2v) is 6.33. The highest BCUT2D eigenvalue weighted by Gasteiger charge is 2.31. The summed E-state index contributed by atoms with van der Waals surface area (Å²) in [6, 6.07) is 5.20. The minimum Gasteiger partial charge on any atom is -0.369 e. The molecule has 1 aliphatic rings. The second-order valence-electron chi connectivity index (χ2n) is 5.48. The van der Waals surface area contributed by atoms with Gasteiger partial charge in [0.05, 0.1) is 12.3 Å². The van der Waals surface area contributed by atoms with Crippen molar-refractivity contribution in [2.45, 2.75) is 32.2 Å². The van der Waals surface area contributed by atoms with Crippen LogP contribution in [0.1, 0.15) is 25.3 Å². The van der Waals surface area contributed by atoms with E-state index in [-0.39, 0.29) is 30.2 Å². The molecule has 4 nitrogen and oxygen atoms in total. The topological polar surface area (TPSA) is 63.4 Å². The van der Waals surface area contributed by atoms with Gasteiger partial charge >= 0.3 is 0 Å². The molecule has 0 spiro atoms. The van der Waals surface area contributed by atoms with Crippen LogP contribution in [-0.4, -0.2) is 29.3 Å². The zero-order valence-corrected chi connectivity index (χ0v) is 13.3. The Morgan fingerprint density at radius 3 is 2.67 bits per heavy atom. The first-order chi connectivity index (χ1) is 9.88. The van der Waals surface area contributed by atoms with Crippen molar-refractivity contribution in [3.05, 3.63) is 33.8 Å². The van der Waals surface area contributed by atoms with E-state index in [2.05, 4.69) is 0 Å². The van der Waals surface area contributed by atoms with Crippen LogP contribution in [0.15, 0.2) is 18.2 Å². The fourth-order valence-electron chi connectivity index (χ4n) is 2.62. The Morgan fingerprint density at radius 1 is 1.33 bits per heavy atom. The van der Waals surface area contributed by atoms with Gasteiger partial charge in [-0.1, -0.05) is 29.3 Å². The molecule has 0 aliphatic carbocycles. The highest BCUT2D eigenvalue weighted by atomic mass is 35.5. The standard InChI is InChI=1S/C15H18Cl2N2O2/c1-9-2-3-11(15(18)21)8-19(9)14(20)6-10-4-5-12(16)7-13(10)17/h4-5,7,9,11H,2-3,6,8H2,1H3,(H2,18,21). The summed E-state index contributed by atoms with van der Waals surface area (Å²) < 4.78 is 0. The Labute approximate surface area is 134 Å². The van der Waals surface area contributed by atoms with Crippen LogP contribution in [0.5, 0.6) is 0 Å². The van der Waals surface area contributed by atoms with Gasteiger partial charge in [0, 0.05) is 22.6 Å². The lowest BCUT2D eigenvalue weighted by atomic mass is 9.92. The minimum absolute atomic E-state index is 0.0438. The first-order valence-corrected chi connectivity index (χ1v) is 7.66. The maximum Gasteiger partial charge on any atom is 0.227 e. The molecule has 0 bridgehead atoms. The van der Waals surface area contributed by atoms with Crippen molar-refractivity contribution < 1.29 is 9.59 Å². The number of nitrogens with two attached hydrogens (primary N) is 1. The smallest absolute Gasteiger partial charge is 0.227 e. The van der Waals surface area contributed by atoms with E-state index in [0.717, 1.165) is 18.4 Å². The number of hydrogen-bond acceptors (Lipinski definition) is 2. The predicted octanol–water partition coefficient (Wildman–Crippen LogP) is 2.65. The van der Waals surface area contributed by atoms with Gasteiger partial charge in [0.25, 0.3) is 0 Å². The van der Waals surface area contributed by atoms with E-state index >= 15 is 0 Å². The summed E-state index contributed by atoms with van der Waals surface area (Å²) in [4.78, 5) is 25.5. The second kappa shape index (κ2) is 6.67. The molecule has 114 valence electrons. The summed E-state index contributed by atoms with van der Waals surface area (Å²) in [5.41, 5.74) is 6.09.